The average Bonchev–Trinajstić information content (AvgIpc) is 3.39. The largest absolute Gasteiger partial charge is 0.507 e. The standard InChI is InChI=1S/C35H28N4O5S/c1-3-44-34(42)30-31(22-11-6-4-7-12-22)36-35-39(32(30)23-13-10-16-27(20-23)43-2)33(41)29(45-35)21-24-19-26(17-18-28(24)40)38-37-25-14-8-5-9-15-25/h4-21,32,40H,3H2,1-2H3/b29-21-,38-37?/t32-/m1/s1. The van der Waals surface area contributed by atoms with Crippen molar-refractivity contribution in [2.75, 3.05) is 13.7 Å². The van der Waals surface area contributed by atoms with Gasteiger partial charge in [-0.1, -0.05) is 72.0 Å². The second-order valence-corrected chi connectivity index (χ2v) is 11.0. The lowest BCUT2D eigenvalue weighted by Crippen LogP contribution is -2.40. The van der Waals surface area contributed by atoms with Crippen LogP contribution in [0.3, 0.4) is 0 Å². The van der Waals surface area contributed by atoms with Gasteiger partial charge in [0.25, 0.3) is 5.56 Å². The number of carbonyl (C=O) groups is 1. The van der Waals surface area contributed by atoms with Gasteiger partial charge in [0.2, 0.25) is 0 Å². The van der Waals surface area contributed by atoms with Gasteiger partial charge in [0, 0.05) is 11.1 Å². The maximum absolute atomic E-state index is 14.2. The third-order valence-corrected chi connectivity index (χ3v) is 8.10. The fraction of sp³-hybridized carbons (Fsp3) is 0.114. The molecular weight excluding hydrogens is 588 g/mol. The fourth-order valence-corrected chi connectivity index (χ4v) is 6.03. The highest BCUT2D eigenvalue weighted by Crippen LogP contribution is 2.36. The maximum Gasteiger partial charge on any atom is 0.338 e. The molecule has 0 amide bonds. The zero-order chi connectivity index (χ0) is 31.3. The number of phenols is 1. The number of aromatic hydroxyl groups is 1. The molecule has 0 aliphatic carbocycles. The Labute approximate surface area is 262 Å². The number of ether oxygens (including phenoxy) is 2. The summed E-state index contributed by atoms with van der Waals surface area (Å²) in [5, 5.41) is 19.3. The number of benzene rings is 4. The van der Waals surface area contributed by atoms with Crippen LogP contribution in [0.4, 0.5) is 11.4 Å². The molecule has 1 N–H and O–H groups in total. The first-order valence-electron chi connectivity index (χ1n) is 14.2. The van der Waals surface area contributed by atoms with Crippen molar-refractivity contribution in [3.63, 3.8) is 0 Å². The Morgan fingerprint density at radius 3 is 2.42 bits per heavy atom. The molecule has 9 nitrogen and oxygen atoms in total. The molecule has 0 saturated carbocycles. The van der Waals surface area contributed by atoms with Crippen LogP contribution in [-0.4, -0.2) is 29.4 Å². The van der Waals surface area contributed by atoms with Crippen molar-refractivity contribution in [1.82, 2.24) is 4.57 Å². The molecule has 0 spiro atoms. The van der Waals surface area contributed by atoms with Gasteiger partial charge < -0.3 is 14.6 Å². The smallest absolute Gasteiger partial charge is 0.338 e. The van der Waals surface area contributed by atoms with E-state index < -0.39 is 12.0 Å². The number of aromatic nitrogens is 1. The Balaban J connectivity index is 1.55. The molecular formula is C35H28N4O5S. The molecule has 0 bridgehead atoms. The van der Waals surface area contributed by atoms with Crippen molar-refractivity contribution < 1.29 is 19.4 Å². The van der Waals surface area contributed by atoms with E-state index in [2.05, 4.69) is 10.2 Å². The molecule has 1 aromatic heterocycles. The summed E-state index contributed by atoms with van der Waals surface area (Å²) in [5.41, 5.74) is 3.21. The summed E-state index contributed by atoms with van der Waals surface area (Å²) < 4.78 is 12.8. The number of fused-ring (bicyclic) bond motifs is 1. The lowest BCUT2D eigenvalue weighted by Gasteiger charge is -2.26. The summed E-state index contributed by atoms with van der Waals surface area (Å²) in [5.74, 6) is -0.0279. The number of azo groups is 1. The second-order valence-electron chi connectivity index (χ2n) is 9.99. The van der Waals surface area contributed by atoms with Crippen LogP contribution in [0.2, 0.25) is 0 Å². The molecule has 1 aliphatic rings. The molecule has 2 heterocycles. The van der Waals surface area contributed by atoms with E-state index in [0.717, 1.165) is 11.3 Å². The third-order valence-electron chi connectivity index (χ3n) is 7.12. The lowest BCUT2D eigenvalue weighted by atomic mass is 9.93. The highest BCUT2D eigenvalue weighted by Gasteiger charge is 2.35. The van der Waals surface area contributed by atoms with Crippen LogP contribution in [0.15, 0.2) is 129 Å². The van der Waals surface area contributed by atoms with E-state index >= 15 is 0 Å². The topological polar surface area (TPSA) is 115 Å². The first-order valence-corrected chi connectivity index (χ1v) is 15.0. The monoisotopic (exact) mass is 616 g/mol. The summed E-state index contributed by atoms with van der Waals surface area (Å²) >= 11 is 1.16. The molecule has 224 valence electrons. The van der Waals surface area contributed by atoms with E-state index in [1.807, 2.05) is 72.8 Å². The Hall–Kier alpha value is -5.61. The van der Waals surface area contributed by atoms with Crippen molar-refractivity contribution in [3.05, 3.63) is 145 Å². The quantitative estimate of drug-likeness (QED) is 0.168. The van der Waals surface area contributed by atoms with E-state index in [9.17, 15) is 14.7 Å². The highest BCUT2D eigenvalue weighted by atomic mass is 32.1. The van der Waals surface area contributed by atoms with Crippen LogP contribution >= 0.6 is 11.3 Å². The number of thiazole rings is 1. The number of carbonyl (C=O) groups excluding carboxylic acids is 1. The first kappa shape index (κ1) is 29.5. The zero-order valence-corrected chi connectivity index (χ0v) is 25.3. The van der Waals surface area contributed by atoms with E-state index in [1.165, 1.54) is 10.6 Å². The molecule has 1 atom stereocenters. The molecule has 5 aromatic rings. The lowest BCUT2D eigenvalue weighted by molar-refractivity contribution is -0.138. The summed E-state index contributed by atoms with van der Waals surface area (Å²) in [4.78, 5) is 33.1. The SMILES string of the molecule is CCOC(=O)C1=C(c2ccccc2)N=c2s/c(=C\c3cc(N=Nc4ccccc4)ccc3O)c(=O)n2[C@@H]1c1cccc(OC)c1. The van der Waals surface area contributed by atoms with Crippen LogP contribution in [0.25, 0.3) is 11.8 Å². The molecule has 0 radical (unpaired) electrons. The highest BCUT2D eigenvalue weighted by molar-refractivity contribution is 7.07. The van der Waals surface area contributed by atoms with E-state index in [0.29, 0.717) is 48.8 Å². The van der Waals surface area contributed by atoms with Crippen LogP contribution in [0, 0.1) is 0 Å². The van der Waals surface area contributed by atoms with Gasteiger partial charge in [-0.3, -0.25) is 9.36 Å². The van der Waals surface area contributed by atoms with Crippen molar-refractivity contribution >= 4 is 40.5 Å². The minimum Gasteiger partial charge on any atom is -0.507 e. The van der Waals surface area contributed by atoms with Gasteiger partial charge in [0.15, 0.2) is 4.80 Å². The average molecular weight is 617 g/mol. The van der Waals surface area contributed by atoms with Gasteiger partial charge in [0.05, 0.1) is 46.9 Å². The number of methoxy groups -OCH3 is 1. The van der Waals surface area contributed by atoms with Crippen molar-refractivity contribution in [1.29, 1.82) is 0 Å². The van der Waals surface area contributed by atoms with E-state index in [1.54, 1.807) is 44.4 Å². The van der Waals surface area contributed by atoms with Gasteiger partial charge >= 0.3 is 5.97 Å². The van der Waals surface area contributed by atoms with Gasteiger partial charge in [-0.2, -0.15) is 10.2 Å². The molecule has 45 heavy (non-hydrogen) atoms. The van der Waals surface area contributed by atoms with Gasteiger partial charge in [-0.25, -0.2) is 9.79 Å². The maximum atomic E-state index is 14.2. The van der Waals surface area contributed by atoms with Crippen LogP contribution < -0.4 is 19.6 Å². The molecule has 10 heteroatoms. The molecule has 1 aliphatic heterocycles. The van der Waals surface area contributed by atoms with Crippen molar-refractivity contribution in [2.45, 2.75) is 13.0 Å². The minimum atomic E-state index is -0.854. The molecule has 0 fully saturated rings. The Morgan fingerprint density at radius 1 is 0.956 bits per heavy atom. The fourth-order valence-electron chi connectivity index (χ4n) is 5.04. The molecule has 0 saturated heterocycles. The van der Waals surface area contributed by atoms with Crippen molar-refractivity contribution in [2.24, 2.45) is 15.2 Å². The Bertz CT molecular complexity index is 2120. The summed E-state index contributed by atoms with van der Waals surface area (Å²) in [6.07, 6.45) is 1.60. The summed E-state index contributed by atoms with van der Waals surface area (Å²) in [7, 11) is 1.56. The normalized spacial score (nSPS) is 14.7. The van der Waals surface area contributed by atoms with Crippen molar-refractivity contribution in [3.8, 4) is 11.5 Å². The number of hydrogen-bond donors (Lipinski definition) is 1. The minimum absolute atomic E-state index is 0.0268. The number of hydrogen-bond acceptors (Lipinski definition) is 9. The van der Waals surface area contributed by atoms with Gasteiger partial charge in [-0.15, -0.1) is 0 Å². The number of rotatable bonds is 8. The number of nitrogens with zero attached hydrogens (tertiary/aromatic N) is 4. The summed E-state index contributed by atoms with van der Waals surface area (Å²) in [6.45, 7) is 1.88. The third kappa shape index (κ3) is 6.09. The Kier molecular flexibility index (Phi) is 8.47. The molecule has 6 rings (SSSR count). The van der Waals surface area contributed by atoms with Gasteiger partial charge in [-0.05, 0) is 61.0 Å². The first-order chi connectivity index (χ1) is 22.0. The summed E-state index contributed by atoms with van der Waals surface area (Å²) in [6, 6.07) is 29.8. The second kappa shape index (κ2) is 12.9. The number of phenolic OH excluding ortho intramolecular Hbond substituents is 1. The number of esters is 1. The van der Waals surface area contributed by atoms with Crippen LogP contribution in [0.5, 0.6) is 11.5 Å². The Morgan fingerprint density at radius 2 is 1.69 bits per heavy atom. The van der Waals surface area contributed by atoms with E-state index in [4.69, 9.17) is 14.5 Å². The predicted molar refractivity (Wildman–Crippen MR) is 173 cm³/mol. The molecule has 0 unspecified atom stereocenters. The van der Waals surface area contributed by atoms with E-state index in [-0.39, 0.29) is 23.5 Å². The predicted octanol–water partition coefficient (Wildman–Crippen LogP) is 6.07. The zero-order valence-electron chi connectivity index (χ0n) is 24.5. The van der Waals surface area contributed by atoms with Crippen LogP contribution in [-0.2, 0) is 9.53 Å². The van der Waals surface area contributed by atoms with Gasteiger partial charge in [0.1, 0.15) is 11.5 Å². The molecule has 4 aromatic carbocycles. The van der Waals surface area contributed by atoms with Crippen LogP contribution in [0.1, 0.15) is 29.7 Å².